The molecule has 3 heteroatoms. The minimum absolute atomic E-state index is 0. The minimum atomic E-state index is -0.0858. The van der Waals surface area contributed by atoms with Crippen LogP contribution in [0.5, 0.6) is 5.75 Å². The summed E-state index contributed by atoms with van der Waals surface area (Å²) in [7, 11) is -0.0858. The molecule has 0 bridgehead atoms. The third-order valence-corrected chi connectivity index (χ3v) is 6.01. The molecule has 0 spiro atoms. The molecular weight excluding hydrogens is 392 g/mol. The molecule has 25 heavy (non-hydrogen) atoms. The lowest BCUT2D eigenvalue weighted by Gasteiger charge is -2.09. The zero-order valence-corrected chi connectivity index (χ0v) is 16.8. The van der Waals surface area contributed by atoms with Crippen LogP contribution in [0.15, 0.2) is 99.6 Å². The van der Waals surface area contributed by atoms with Crippen LogP contribution in [-0.2, 0) is 10.9 Å². The Morgan fingerprint density at radius 2 is 1.16 bits per heavy atom. The van der Waals surface area contributed by atoms with Gasteiger partial charge in [0, 0.05) is 0 Å². The summed E-state index contributed by atoms with van der Waals surface area (Å²) in [6.45, 7) is 2.97. The number of hydrogen-bond acceptors (Lipinski definition) is 1. The molecular formula is C22H23BrOS. The van der Waals surface area contributed by atoms with Crippen molar-refractivity contribution in [3.8, 4) is 5.75 Å². The molecule has 0 N–H and O–H groups in total. The van der Waals surface area contributed by atoms with Crippen LogP contribution in [0.3, 0.4) is 0 Å². The van der Waals surface area contributed by atoms with E-state index in [9.17, 15) is 0 Å². The standard InChI is InChI=1S/C22H23OS.BrH/c1-2-3-18-23-19-14-16-22(17-15-19)24(20-10-6-4-7-11-20)21-12-8-5-9-13-21;/h4-17H,2-3,18H2,1H3;1H/q+1;/p-1. The van der Waals surface area contributed by atoms with Crippen molar-refractivity contribution in [2.75, 3.05) is 6.61 Å². The molecule has 0 aliphatic carbocycles. The first-order valence-electron chi connectivity index (χ1n) is 8.46. The fourth-order valence-electron chi connectivity index (χ4n) is 2.53. The molecule has 0 aliphatic heterocycles. The number of hydrogen-bond donors (Lipinski definition) is 0. The first-order valence-corrected chi connectivity index (χ1v) is 9.68. The zero-order chi connectivity index (χ0) is 16.6. The molecule has 0 atom stereocenters. The van der Waals surface area contributed by atoms with Crippen molar-refractivity contribution in [2.24, 2.45) is 0 Å². The van der Waals surface area contributed by atoms with E-state index < -0.39 is 0 Å². The normalized spacial score (nSPS) is 10.3. The summed E-state index contributed by atoms with van der Waals surface area (Å²) in [4.78, 5) is 3.99. The van der Waals surface area contributed by atoms with E-state index in [-0.39, 0.29) is 27.9 Å². The van der Waals surface area contributed by atoms with Crippen molar-refractivity contribution in [2.45, 2.75) is 34.5 Å². The van der Waals surface area contributed by atoms with Gasteiger partial charge in [-0.25, -0.2) is 0 Å². The number of halogens is 1. The first-order chi connectivity index (χ1) is 11.9. The maximum atomic E-state index is 5.80. The second kappa shape index (κ2) is 10.3. The maximum Gasteiger partial charge on any atom is 0.166 e. The summed E-state index contributed by atoms with van der Waals surface area (Å²) in [5, 5.41) is 0. The molecule has 0 amide bonds. The van der Waals surface area contributed by atoms with E-state index in [0.29, 0.717) is 0 Å². The van der Waals surface area contributed by atoms with E-state index in [1.54, 1.807) is 0 Å². The van der Waals surface area contributed by atoms with Crippen molar-refractivity contribution in [3.63, 3.8) is 0 Å². The summed E-state index contributed by atoms with van der Waals surface area (Å²) in [5.41, 5.74) is 0. The van der Waals surface area contributed by atoms with E-state index in [0.717, 1.165) is 25.2 Å². The van der Waals surface area contributed by atoms with E-state index >= 15 is 0 Å². The zero-order valence-electron chi connectivity index (χ0n) is 14.4. The van der Waals surface area contributed by atoms with Crippen LogP contribution >= 0.6 is 0 Å². The van der Waals surface area contributed by atoms with E-state index in [4.69, 9.17) is 4.74 Å². The van der Waals surface area contributed by atoms with E-state index in [1.165, 1.54) is 14.7 Å². The molecule has 0 heterocycles. The Balaban J connectivity index is 0.00000225. The van der Waals surface area contributed by atoms with Gasteiger partial charge < -0.3 is 21.7 Å². The molecule has 0 saturated carbocycles. The van der Waals surface area contributed by atoms with Gasteiger partial charge in [0.15, 0.2) is 14.7 Å². The Morgan fingerprint density at radius 3 is 1.64 bits per heavy atom. The highest BCUT2D eigenvalue weighted by Gasteiger charge is 2.28. The summed E-state index contributed by atoms with van der Waals surface area (Å²) >= 11 is 0. The Bertz CT molecular complexity index is 689. The van der Waals surface area contributed by atoms with Gasteiger partial charge in [-0.2, -0.15) is 0 Å². The second-order valence-corrected chi connectivity index (χ2v) is 7.63. The largest absolute Gasteiger partial charge is 1.00 e. The first kappa shape index (κ1) is 19.6. The predicted molar refractivity (Wildman–Crippen MR) is 102 cm³/mol. The van der Waals surface area contributed by atoms with Crippen LogP contribution in [0, 0.1) is 0 Å². The number of rotatable bonds is 7. The van der Waals surface area contributed by atoms with Crippen LogP contribution in [0.25, 0.3) is 0 Å². The molecule has 3 rings (SSSR count). The fourth-order valence-corrected chi connectivity index (χ4v) is 4.61. The molecule has 3 aromatic rings. The molecule has 0 radical (unpaired) electrons. The van der Waals surface area contributed by atoms with Gasteiger partial charge in [0.1, 0.15) is 5.75 Å². The van der Waals surface area contributed by atoms with Crippen LogP contribution in [0.1, 0.15) is 19.8 Å². The SMILES string of the molecule is CCCCOc1ccc([S+](c2ccccc2)c2ccccc2)cc1.[Br-]. The van der Waals surface area contributed by atoms with Gasteiger partial charge in [-0.3, -0.25) is 0 Å². The van der Waals surface area contributed by atoms with Crippen LogP contribution in [0.2, 0.25) is 0 Å². The molecule has 0 fully saturated rings. The fraction of sp³-hybridized carbons (Fsp3) is 0.182. The van der Waals surface area contributed by atoms with Gasteiger partial charge in [-0.15, -0.1) is 0 Å². The van der Waals surface area contributed by atoms with Crippen molar-refractivity contribution in [1.82, 2.24) is 0 Å². The molecule has 0 aromatic heterocycles. The third-order valence-electron chi connectivity index (χ3n) is 3.78. The van der Waals surface area contributed by atoms with Crippen molar-refractivity contribution < 1.29 is 21.7 Å². The monoisotopic (exact) mass is 414 g/mol. The number of benzene rings is 3. The molecule has 0 aliphatic rings. The average Bonchev–Trinajstić information content (AvgIpc) is 2.65. The maximum absolute atomic E-state index is 5.80. The summed E-state index contributed by atoms with van der Waals surface area (Å²) in [5.74, 6) is 0.955. The van der Waals surface area contributed by atoms with Crippen molar-refractivity contribution in [1.29, 1.82) is 0 Å². The third kappa shape index (κ3) is 5.38. The predicted octanol–water partition coefficient (Wildman–Crippen LogP) is 2.96. The molecule has 0 unspecified atom stereocenters. The second-order valence-electron chi connectivity index (χ2n) is 5.61. The topological polar surface area (TPSA) is 9.23 Å². The van der Waals surface area contributed by atoms with Crippen LogP contribution in [-0.4, -0.2) is 6.61 Å². The molecule has 3 aromatic carbocycles. The molecule has 0 saturated heterocycles. The van der Waals surface area contributed by atoms with Gasteiger partial charge >= 0.3 is 0 Å². The Hall–Kier alpha value is -1.71. The van der Waals surface area contributed by atoms with Gasteiger partial charge in [0.25, 0.3) is 0 Å². The molecule has 130 valence electrons. The highest BCUT2D eigenvalue weighted by Crippen LogP contribution is 2.31. The summed E-state index contributed by atoms with van der Waals surface area (Å²) in [6, 6.07) is 30.0. The lowest BCUT2D eigenvalue weighted by molar-refractivity contribution is -0.00000535. The average molecular weight is 415 g/mol. The highest BCUT2D eigenvalue weighted by molar-refractivity contribution is 7.97. The smallest absolute Gasteiger partial charge is 0.166 e. The van der Waals surface area contributed by atoms with Gasteiger partial charge in [-0.1, -0.05) is 49.7 Å². The quantitative estimate of drug-likeness (QED) is 0.426. The summed E-state index contributed by atoms with van der Waals surface area (Å²) in [6.07, 6.45) is 2.25. The van der Waals surface area contributed by atoms with Crippen molar-refractivity contribution in [3.05, 3.63) is 84.9 Å². The van der Waals surface area contributed by atoms with E-state index in [2.05, 4.69) is 91.9 Å². The Labute approximate surface area is 164 Å². The lowest BCUT2D eigenvalue weighted by Crippen LogP contribution is -3.00. The van der Waals surface area contributed by atoms with Gasteiger partial charge in [0.05, 0.1) is 17.5 Å². The summed E-state index contributed by atoms with van der Waals surface area (Å²) < 4.78 is 5.80. The van der Waals surface area contributed by atoms with Gasteiger partial charge in [0.2, 0.25) is 0 Å². The highest BCUT2D eigenvalue weighted by atomic mass is 79.9. The van der Waals surface area contributed by atoms with Crippen molar-refractivity contribution >= 4 is 10.9 Å². The van der Waals surface area contributed by atoms with Crippen LogP contribution < -0.4 is 21.7 Å². The molecule has 1 nitrogen and oxygen atoms in total. The minimum Gasteiger partial charge on any atom is -1.00 e. The van der Waals surface area contributed by atoms with Gasteiger partial charge in [-0.05, 0) is 55.0 Å². The Morgan fingerprint density at radius 1 is 0.680 bits per heavy atom. The Kier molecular flexibility index (Phi) is 8.10. The van der Waals surface area contributed by atoms with E-state index in [1.807, 2.05) is 0 Å². The lowest BCUT2D eigenvalue weighted by atomic mass is 10.3. The number of unbranched alkanes of at least 4 members (excludes halogenated alkanes) is 1. The number of ether oxygens (including phenoxy) is 1. The van der Waals surface area contributed by atoms with Crippen LogP contribution in [0.4, 0.5) is 0 Å².